The van der Waals surface area contributed by atoms with Crippen molar-refractivity contribution < 1.29 is 52.7 Å². The summed E-state index contributed by atoms with van der Waals surface area (Å²) in [5.41, 5.74) is -30.1. The van der Waals surface area contributed by atoms with Gasteiger partial charge in [-0.05, 0) is 25.0 Å². The minimum atomic E-state index is -6.53. The molecule has 0 amide bonds. The van der Waals surface area contributed by atoms with E-state index in [0.717, 1.165) is 0 Å². The maximum atomic E-state index is 15.3. The molecule has 4 atom stereocenters. The molecule has 0 spiro atoms. The number of hydrogen-bond acceptors (Lipinski definition) is 0. The van der Waals surface area contributed by atoms with E-state index in [0.29, 0.717) is 13.8 Å². The van der Waals surface area contributed by atoms with Gasteiger partial charge >= 0.3 is 17.8 Å². The van der Waals surface area contributed by atoms with Gasteiger partial charge in [0.25, 0.3) is 11.3 Å². The van der Waals surface area contributed by atoms with Crippen molar-refractivity contribution in [3.05, 3.63) is 33.9 Å². The van der Waals surface area contributed by atoms with Crippen LogP contribution in [0.2, 0.25) is 0 Å². The maximum absolute atomic E-state index is 15.3. The highest BCUT2D eigenvalue weighted by Crippen LogP contribution is 2.81. The molecular weight excluding hydrogens is 408 g/mol. The predicted octanol–water partition coefficient (Wildman–Crippen LogP) is 5.56. The smallest absolute Gasteiger partial charge is 0.227 e. The summed E-state index contributed by atoms with van der Waals surface area (Å²) in [5.74, 6) is -25.7. The van der Waals surface area contributed by atoms with E-state index in [1.165, 1.54) is 0 Å². The molecule has 4 bridgehead atoms. The molecular formula is C15H6F12. The van der Waals surface area contributed by atoms with Crippen molar-refractivity contribution in [3.63, 3.8) is 0 Å². The number of allylic oxidation sites excluding steroid dienone is 6. The molecule has 5 aliphatic rings. The molecule has 27 heavy (non-hydrogen) atoms. The second kappa shape index (κ2) is 3.91. The molecule has 0 saturated heterocycles. The molecule has 0 aromatic heterocycles. The lowest BCUT2D eigenvalue weighted by molar-refractivity contribution is -0.316. The fraction of sp³-hybridized carbons (Fsp3) is 0.600. The van der Waals surface area contributed by atoms with Crippen molar-refractivity contribution in [3.8, 4) is 0 Å². The Kier molecular flexibility index (Phi) is 2.71. The van der Waals surface area contributed by atoms with E-state index in [-0.39, 0.29) is 0 Å². The zero-order valence-electron chi connectivity index (χ0n) is 13.0. The largest absolute Gasteiger partial charge is 0.358 e. The maximum Gasteiger partial charge on any atom is 0.358 e. The zero-order chi connectivity index (χ0) is 21.0. The summed E-state index contributed by atoms with van der Waals surface area (Å²) in [6.45, 7) is 0.804. The SMILES string of the molecule is CC1=C(C)[C@]2(F)C3=C([C@@]4(F)C(F)=C(F)[C@]3(F)C(F)(F)C4(F)F)[C@@]1(F)C2(F)F. The van der Waals surface area contributed by atoms with Crippen LogP contribution in [0.15, 0.2) is 33.9 Å². The highest BCUT2D eigenvalue weighted by Gasteiger charge is 3.00. The second-order valence-corrected chi connectivity index (χ2v) is 6.99. The summed E-state index contributed by atoms with van der Waals surface area (Å²) in [6.07, 6.45) is 0. The Morgan fingerprint density at radius 1 is 0.444 bits per heavy atom. The van der Waals surface area contributed by atoms with E-state index in [9.17, 15) is 35.1 Å². The van der Waals surface area contributed by atoms with Crippen molar-refractivity contribution in [1.82, 2.24) is 0 Å². The minimum Gasteiger partial charge on any atom is -0.227 e. The van der Waals surface area contributed by atoms with Crippen LogP contribution >= 0.6 is 0 Å². The van der Waals surface area contributed by atoms with Gasteiger partial charge < -0.3 is 0 Å². The van der Waals surface area contributed by atoms with Gasteiger partial charge in [-0.3, -0.25) is 0 Å². The fourth-order valence-corrected chi connectivity index (χ4v) is 4.62. The number of alkyl halides is 10. The lowest BCUT2D eigenvalue weighted by Gasteiger charge is -2.54. The van der Waals surface area contributed by atoms with Crippen LogP contribution in [0.4, 0.5) is 52.7 Å². The van der Waals surface area contributed by atoms with Crippen LogP contribution in [-0.4, -0.2) is 40.4 Å². The third kappa shape index (κ3) is 1.14. The number of halogens is 12. The first-order valence-corrected chi connectivity index (χ1v) is 7.27. The van der Waals surface area contributed by atoms with Crippen LogP contribution in [0.25, 0.3) is 0 Å². The standard InChI is InChI=1S/C15H6F12/c1-3-4(2)10(19)6-5(9(3,18)13(10,22)23)11(20)7(16)8(17)12(6,21)15(26,27)14(11,24)25/h1-2H3/t9-,10+,11-,12+. The first-order chi connectivity index (χ1) is 11.9. The Hall–Kier alpha value is -1.62. The summed E-state index contributed by atoms with van der Waals surface area (Å²) in [5, 5.41) is 0. The molecule has 12 heteroatoms. The highest BCUT2D eigenvalue weighted by atomic mass is 19.3. The number of fused-ring (bicyclic) bond motifs is 3. The second-order valence-electron chi connectivity index (χ2n) is 6.99. The molecule has 5 aliphatic carbocycles. The summed E-state index contributed by atoms with van der Waals surface area (Å²) >= 11 is 0. The third-order valence-electron chi connectivity index (χ3n) is 6.15. The van der Waals surface area contributed by atoms with Crippen molar-refractivity contribution in [2.45, 2.75) is 54.3 Å². The molecule has 0 heterocycles. The number of hydrogen-bond donors (Lipinski definition) is 0. The van der Waals surface area contributed by atoms with Gasteiger partial charge in [0.1, 0.15) is 0 Å². The Labute approximate surface area is 142 Å². The van der Waals surface area contributed by atoms with Crippen LogP contribution in [-0.2, 0) is 0 Å². The predicted molar refractivity (Wildman–Crippen MR) is 64.8 cm³/mol. The lowest BCUT2D eigenvalue weighted by atomic mass is 9.57. The first kappa shape index (κ1) is 18.7. The average molecular weight is 414 g/mol. The Morgan fingerprint density at radius 3 is 0.963 bits per heavy atom. The van der Waals surface area contributed by atoms with Gasteiger partial charge in [-0.2, -0.15) is 26.3 Å². The van der Waals surface area contributed by atoms with E-state index in [1.54, 1.807) is 0 Å². The summed E-state index contributed by atoms with van der Waals surface area (Å²) in [6, 6.07) is 0. The molecule has 0 radical (unpaired) electrons. The molecule has 0 aliphatic heterocycles. The monoisotopic (exact) mass is 414 g/mol. The molecule has 0 unspecified atom stereocenters. The van der Waals surface area contributed by atoms with E-state index >= 15 is 17.6 Å². The molecule has 0 fully saturated rings. The Morgan fingerprint density at radius 2 is 0.704 bits per heavy atom. The van der Waals surface area contributed by atoms with Gasteiger partial charge in [-0.15, -0.1) is 0 Å². The lowest BCUT2D eigenvalue weighted by Crippen LogP contribution is -2.75. The summed E-state index contributed by atoms with van der Waals surface area (Å²) in [4.78, 5) is 0. The number of rotatable bonds is 0. The minimum absolute atomic E-state index is 0.402. The van der Waals surface area contributed by atoms with Crippen LogP contribution in [0.3, 0.4) is 0 Å². The third-order valence-corrected chi connectivity index (χ3v) is 6.15. The molecule has 5 rings (SSSR count). The van der Waals surface area contributed by atoms with Gasteiger partial charge in [0.15, 0.2) is 11.7 Å². The highest BCUT2D eigenvalue weighted by molar-refractivity contribution is 5.76. The van der Waals surface area contributed by atoms with Crippen LogP contribution in [0, 0.1) is 0 Å². The van der Waals surface area contributed by atoms with Gasteiger partial charge in [-0.1, -0.05) is 0 Å². The van der Waals surface area contributed by atoms with E-state index < -0.39 is 74.4 Å². The van der Waals surface area contributed by atoms with E-state index in [4.69, 9.17) is 0 Å². The molecule has 150 valence electrons. The Bertz CT molecular complexity index is 855. The van der Waals surface area contributed by atoms with Gasteiger partial charge in [0.2, 0.25) is 11.3 Å². The van der Waals surface area contributed by atoms with Crippen molar-refractivity contribution in [2.75, 3.05) is 0 Å². The normalized spacial score (nSPS) is 48.7. The average Bonchev–Trinajstić information content (AvgIpc) is 2.77. The molecule has 0 aromatic rings. The first-order valence-electron chi connectivity index (χ1n) is 7.27. The quantitative estimate of drug-likeness (QED) is 0.360. The molecule has 0 saturated carbocycles. The molecule has 0 nitrogen and oxygen atoms in total. The Balaban J connectivity index is 2.28. The van der Waals surface area contributed by atoms with Crippen LogP contribution < -0.4 is 0 Å². The fourth-order valence-electron chi connectivity index (χ4n) is 4.62. The molecule has 0 N–H and O–H groups in total. The van der Waals surface area contributed by atoms with Gasteiger partial charge in [0.05, 0.1) is 0 Å². The zero-order valence-corrected chi connectivity index (χ0v) is 13.0. The molecule has 0 aromatic carbocycles. The van der Waals surface area contributed by atoms with Gasteiger partial charge in [-0.25, -0.2) is 26.3 Å². The summed E-state index contributed by atoms with van der Waals surface area (Å²) in [7, 11) is 0. The van der Waals surface area contributed by atoms with Crippen molar-refractivity contribution >= 4 is 0 Å². The van der Waals surface area contributed by atoms with E-state index in [2.05, 4.69) is 0 Å². The van der Waals surface area contributed by atoms with Crippen molar-refractivity contribution in [1.29, 1.82) is 0 Å². The van der Waals surface area contributed by atoms with Crippen molar-refractivity contribution in [2.24, 2.45) is 0 Å². The summed E-state index contributed by atoms with van der Waals surface area (Å²) < 4.78 is 174. The van der Waals surface area contributed by atoms with E-state index in [1.807, 2.05) is 0 Å². The van der Waals surface area contributed by atoms with Gasteiger partial charge in [0, 0.05) is 11.1 Å². The topological polar surface area (TPSA) is 0 Å². The van der Waals surface area contributed by atoms with Crippen LogP contribution in [0.5, 0.6) is 0 Å². The van der Waals surface area contributed by atoms with Crippen LogP contribution in [0.1, 0.15) is 13.8 Å².